The van der Waals surface area contributed by atoms with Gasteiger partial charge in [0.05, 0.1) is 11.2 Å². The van der Waals surface area contributed by atoms with E-state index in [4.69, 9.17) is 9.78 Å². The van der Waals surface area contributed by atoms with E-state index in [0.29, 0.717) is 0 Å². The zero-order chi connectivity index (χ0) is 8.41. The zero-order valence-corrected chi connectivity index (χ0v) is 7.82. The number of hydrogen-bond acceptors (Lipinski definition) is 2. The molecule has 0 amide bonds. The van der Waals surface area contributed by atoms with E-state index in [0.717, 1.165) is 0 Å². The molecule has 0 aromatic carbocycles. The fourth-order valence-electron chi connectivity index (χ4n) is 0.250. The van der Waals surface area contributed by atoms with E-state index in [1.807, 2.05) is 41.5 Å². The van der Waals surface area contributed by atoms with E-state index >= 15 is 0 Å². The molecule has 0 aromatic heterocycles. The van der Waals surface area contributed by atoms with Crippen LogP contribution in [0.4, 0.5) is 0 Å². The standard InChI is InChI=1S/C8H18O2.K.H/c1-7(2,3)9-10-8(4,5)6;;/h1-6H3;;. The van der Waals surface area contributed by atoms with Crippen molar-refractivity contribution in [2.75, 3.05) is 0 Å². The predicted octanol–water partition coefficient (Wildman–Crippen LogP) is 1.88. The second-order valence-electron chi connectivity index (χ2n) is 4.39. The first-order chi connectivity index (χ1) is 4.21. The van der Waals surface area contributed by atoms with Crippen LogP contribution in [-0.4, -0.2) is 62.6 Å². The molecule has 0 unspecified atom stereocenters. The molecular formula is C8H19KO2. The molecule has 0 N–H and O–H groups in total. The van der Waals surface area contributed by atoms with E-state index in [1.165, 1.54) is 0 Å². The van der Waals surface area contributed by atoms with E-state index in [-0.39, 0.29) is 62.6 Å². The Morgan fingerprint density at radius 1 is 0.636 bits per heavy atom. The van der Waals surface area contributed by atoms with Crippen molar-refractivity contribution in [1.82, 2.24) is 0 Å². The summed E-state index contributed by atoms with van der Waals surface area (Å²) in [5.74, 6) is 0. The Hall–Kier alpha value is 1.56. The van der Waals surface area contributed by atoms with Gasteiger partial charge in [-0.05, 0) is 41.5 Å². The van der Waals surface area contributed by atoms with Gasteiger partial charge in [0.15, 0.2) is 0 Å². The maximum absolute atomic E-state index is 5.09. The van der Waals surface area contributed by atoms with Crippen molar-refractivity contribution in [1.29, 1.82) is 0 Å². The molecule has 0 heterocycles. The molecule has 0 aliphatic heterocycles. The molecule has 64 valence electrons. The molecule has 11 heavy (non-hydrogen) atoms. The quantitative estimate of drug-likeness (QED) is 0.354. The summed E-state index contributed by atoms with van der Waals surface area (Å²) in [6.45, 7) is 11.7. The van der Waals surface area contributed by atoms with Gasteiger partial charge in [-0.2, -0.15) is 0 Å². The van der Waals surface area contributed by atoms with Gasteiger partial charge < -0.3 is 0 Å². The summed E-state index contributed by atoms with van der Waals surface area (Å²) in [5, 5.41) is 0. The third-order valence-electron chi connectivity index (χ3n) is 0.542. The number of rotatable bonds is 1. The number of hydrogen-bond donors (Lipinski definition) is 0. The van der Waals surface area contributed by atoms with Crippen molar-refractivity contribution in [2.24, 2.45) is 0 Å². The Bertz CT molecular complexity index is 85.6. The first-order valence-corrected chi connectivity index (χ1v) is 3.57. The average molecular weight is 186 g/mol. The Kier molecular flexibility index (Phi) is 7.28. The normalized spacial score (nSPS) is 12.5. The molecule has 0 atom stereocenters. The van der Waals surface area contributed by atoms with Gasteiger partial charge >= 0.3 is 51.4 Å². The first-order valence-electron chi connectivity index (χ1n) is 3.57. The van der Waals surface area contributed by atoms with Crippen molar-refractivity contribution in [2.45, 2.75) is 52.7 Å². The SMILES string of the molecule is CC(C)(C)OOC(C)(C)C.[KH]. The summed E-state index contributed by atoms with van der Waals surface area (Å²) in [4.78, 5) is 10.2. The van der Waals surface area contributed by atoms with Crippen LogP contribution in [0.3, 0.4) is 0 Å². The van der Waals surface area contributed by atoms with Crippen LogP contribution in [0.1, 0.15) is 41.5 Å². The Morgan fingerprint density at radius 2 is 0.818 bits per heavy atom. The molecule has 0 aliphatic carbocycles. The molecule has 0 bridgehead atoms. The van der Waals surface area contributed by atoms with Crippen molar-refractivity contribution >= 4 is 51.4 Å². The van der Waals surface area contributed by atoms with Crippen LogP contribution in [0.2, 0.25) is 0 Å². The monoisotopic (exact) mass is 186 g/mol. The summed E-state index contributed by atoms with van der Waals surface area (Å²) in [6.07, 6.45) is 0. The molecule has 0 saturated heterocycles. The van der Waals surface area contributed by atoms with Crippen LogP contribution >= 0.6 is 0 Å². The molecular weight excluding hydrogens is 167 g/mol. The minimum atomic E-state index is -0.215. The van der Waals surface area contributed by atoms with E-state index in [2.05, 4.69) is 0 Å². The summed E-state index contributed by atoms with van der Waals surface area (Å²) >= 11 is 0. The zero-order valence-electron chi connectivity index (χ0n) is 7.82. The van der Waals surface area contributed by atoms with Crippen molar-refractivity contribution < 1.29 is 9.78 Å². The summed E-state index contributed by atoms with van der Waals surface area (Å²) in [6, 6.07) is 0. The maximum atomic E-state index is 5.09. The van der Waals surface area contributed by atoms with Crippen molar-refractivity contribution in [3.8, 4) is 0 Å². The van der Waals surface area contributed by atoms with Crippen LogP contribution in [-0.2, 0) is 9.78 Å². The Morgan fingerprint density at radius 3 is 0.909 bits per heavy atom. The van der Waals surface area contributed by atoms with Gasteiger partial charge in [0.1, 0.15) is 0 Å². The van der Waals surface area contributed by atoms with E-state index in [9.17, 15) is 0 Å². The fourth-order valence-corrected chi connectivity index (χ4v) is 0.250. The third-order valence-corrected chi connectivity index (χ3v) is 0.542. The van der Waals surface area contributed by atoms with Crippen LogP contribution in [0.25, 0.3) is 0 Å². The minimum absolute atomic E-state index is 0. The van der Waals surface area contributed by atoms with Gasteiger partial charge in [-0.3, -0.25) is 0 Å². The van der Waals surface area contributed by atoms with E-state index < -0.39 is 0 Å². The second kappa shape index (κ2) is 5.32. The van der Waals surface area contributed by atoms with Crippen LogP contribution in [0, 0.1) is 0 Å². The van der Waals surface area contributed by atoms with Gasteiger partial charge in [-0.15, -0.1) is 0 Å². The molecule has 0 rings (SSSR count). The van der Waals surface area contributed by atoms with Crippen molar-refractivity contribution in [3.63, 3.8) is 0 Å². The fraction of sp³-hybridized carbons (Fsp3) is 1.00. The Labute approximate surface area is 112 Å². The molecule has 0 fully saturated rings. The molecule has 0 aromatic rings. The average Bonchev–Trinajstić information content (AvgIpc) is 1.57. The van der Waals surface area contributed by atoms with Gasteiger partial charge in [-0.25, -0.2) is 9.78 Å². The van der Waals surface area contributed by atoms with Crippen LogP contribution in [0.5, 0.6) is 0 Å². The third kappa shape index (κ3) is 14.4. The molecule has 3 heteroatoms. The predicted molar refractivity (Wildman–Crippen MR) is 48.8 cm³/mol. The molecule has 0 aliphatic rings. The van der Waals surface area contributed by atoms with Gasteiger partial charge in [0.2, 0.25) is 0 Å². The Balaban J connectivity index is 0. The molecule has 0 spiro atoms. The van der Waals surface area contributed by atoms with Gasteiger partial charge in [0, 0.05) is 0 Å². The van der Waals surface area contributed by atoms with Crippen LogP contribution in [0.15, 0.2) is 0 Å². The first kappa shape index (κ1) is 15.0. The van der Waals surface area contributed by atoms with Crippen molar-refractivity contribution in [3.05, 3.63) is 0 Å². The molecule has 0 radical (unpaired) electrons. The summed E-state index contributed by atoms with van der Waals surface area (Å²) in [7, 11) is 0. The molecule has 2 nitrogen and oxygen atoms in total. The summed E-state index contributed by atoms with van der Waals surface area (Å²) in [5.41, 5.74) is -0.430. The topological polar surface area (TPSA) is 18.5 Å². The summed E-state index contributed by atoms with van der Waals surface area (Å²) < 4.78 is 0. The van der Waals surface area contributed by atoms with Gasteiger partial charge in [-0.1, -0.05) is 0 Å². The second-order valence-corrected chi connectivity index (χ2v) is 4.39. The molecule has 0 saturated carbocycles. The van der Waals surface area contributed by atoms with Crippen LogP contribution < -0.4 is 0 Å². The van der Waals surface area contributed by atoms with E-state index in [1.54, 1.807) is 0 Å². The van der Waals surface area contributed by atoms with Gasteiger partial charge in [0.25, 0.3) is 0 Å².